The fourth-order valence-electron chi connectivity index (χ4n) is 2.93. The number of carbonyl (C=O) groups is 1. The highest BCUT2D eigenvalue weighted by molar-refractivity contribution is 9.10. The number of carbonyl (C=O) groups excluding carboxylic acids is 1. The van der Waals surface area contributed by atoms with Crippen molar-refractivity contribution in [1.82, 2.24) is 29.4 Å². The highest BCUT2D eigenvalue weighted by Crippen LogP contribution is 2.36. The van der Waals surface area contributed by atoms with Crippen LogP contribution in [0.3, 0.4) is 0 Å². The lowest BCUT2D eigenvalue weighted by molar-refractivity contribution is -0.142. The maximum Gasteiger partial charge on any atom is 0.436 e. The quantitative estimate of drug-likeness (QED) is 0.408. The summed E-state index contributed by atoms with van der Waals surface area (Å²) in [6, 6.07) is 0. The van der Waals surface area contributed by atoms with Gasteiger partial charge in [0.1, 0.15) is 22.6 Å². The molecule has 4 aromatic heterocycles. The minimum atomic E-state index is -4.57. The number of aromatic nitrogens is 6. The SMILES string of the molecule is COC(=O)c1sc2ncn3nc(Cn4nc(C(F)(F)F)c(Br)c4C)nc3c2c1C. The maximum atomic E-state index is 13.1. The summed E-state index contributed by atoms with van der Waals surface area (Å²) in [6.07, 6.45) is -3.13. The number of esters is 1. The average Bonchev–Trinajstić information content (AvgIpc) is 3.30. The zero-order valence-corrected chi connectivity index (χ0v) is 17.6. The maximum absolute atomic E-state index is 13.1. The molecule has 0 aliphatic heterocycles. The van der Waals surface area contributed by atoms with Gasteiger partial charge in [0.25, 0.3) is 0 Å². The summed E-state index contributed by atoms with van der Waals surface area (Å²) >= 11 is 4.13. The molecule has 0 amide bonds. The van der Waals surface area contributed by atoms with E-state index in [9.17, 15) is 18.0 Å². The van der Waals surface area contributed by atoms with Gasteiger partial charge in [-0.25, -0.2) is 19.3 Å². The molecule has 13 heteroatoms. The van der Waals surface area contributed by atoms with Crippen LogP contribution in [-0.4, -0.2) is 42.4 Å². The molecule has 0 aromatic carbocycles. The summed E-state index contributed by atoms with van der Waals surface area (Å²) in [6.45, 7) is 3.22. The van der Waals surface area contributed by atoms with E-state index in [1.54, 1.807) is 6.92 Å². The number of hydrogen-bond acceptors (Lipinski definition) is 7. The van der Waals surface area contributed by atoms with E-state index in [1.165, 1.54) is 40.9 Å². The molecule has 0 saturated carbocycles. The van der Waals surface area contributed by atoms with Crippen LogP contribution < -0.4 is 0 Å². The highest BCUT2D eigenvalue weighted by atomic mass is 79.9. The lowest BCUT2D eigenvalue weighted by Gasteiger charge is -2.01. The van der Waals surface area contributed by atoms with Crippen molar-refractivity contribution in [1.29, 1.82) is 0 Å². The van der Waals surface area contributed by atoms with Gasteiger partial charge in [-0.3, -0.25) is 4.68 Å². The first-order chi connectivity index (χ1) is 13.6. The number of rotatable bonds is 3. The lowest BCUT2D eigenvalue weighted by Crippen LogP contribution is -2.10. The summed E-state index contributed by atoms with van der Waals surface area (Å²) in [5.41, 5.74) is 0.415. The van der Waals surface area contributed by atoms with E-state index in [1.807, 2.05) is 0 Å². The number of thiophene rings is 1. The molecule has 29 heavy (non-hydrogen) atoms. The number of nitrogens with zero attached hydrogens (tertiary/aromatic N) is 6. The number of aryl methyl sites for hydroxylation is 1. The molecule has 0 radical (unpaired) electrons. The molecule has 4 aromatic rings. The Balaban J connectivity index is 1.80. The summed E-state index contributed by atoms with van der Waals surface area (Å²) in [5, 5.41) is 8.58. The van der Waals surface area contributed by atoms with E-state index < -0.39 is 17.8 Å². The van der Waals surface area contributed by atoms with Gasteiger partial charge in [-0.15, -0.1) is 16.4 Å². The molecule has 152 valence electrons. The smallest absolute Gasteiger partial charge is 0.436 e. The molecule has 0 aliphatic carbocycles. The van der Waals surface area contributed by atoms with Crippen LogP contribution in [0, 0.1) is 13.8 Å². The molecule has 0 aliphatic rings. The van der Waals surface area contributed by atoms with Crippen LogP contribution >= 0.6 is 27.3 Å². The Morgan fingerprint density at radius 3 is 2.66 bits per heavy atom. The van der Waals surface area contributed by atoms with Gasteiger partial charge in [0.15, 0.2) is 17.2 Å². The molecule has 0 bridgehead atoms. The number of halogens is 4. The summed E-state index contributed by atoms with van der Waals surface area (Å²) in [5.74, 6) is -0.212. The molecule has 4 heterocycles. The second kappa shape index (κ2) is 6.76. The number of fused-ring (bicyclic) bond motifs is 3. The second-order valence-corrected chi connectivity index (χ2v) is 7.96. The fraction of sp³-hybridized carbons (Fsp3) is 0.312. The van der Waals surface area contributed by atoms with Crippen molar-refractivity contribution in [3.8, 4) is 0 Å². The Morgan fingerprint density at radius 2 is 2.03 bits per heavy atom. The van der Waals surface area contributed by atoms with E-state index >= 15 is 0 Å². The van der Waals surface area contributed by atoms with Crippen LogP contribution in [0.1, 0.15) is 32.4 Å². The third kappa shape index (κ3) is 3.17. The van der Waals surface area contributed by atoms with Crippen molar-refractivity contribution in [3.05, 3.63) is 38.5 Å². The number of ether oxygens (including phenoxy) is 1. The number of methoxy groups -OCH3 is 1. The van der Waals surface area contributed by atoms with Crippen molar-refractivity contribution in [3.63, 3.8) is 0 Å². The van der Waals surface area contributed by atoms with Crippen LogP contribution in [0.25, 0.3) is 15.9 Å². The van der Waals surface area contributed by atoms with E-state index in [4.69, 9.17) is 4.74 Å². The predicted molar refractivity (Wildman–Crippen MR) is 101 cm³/mol. The predicted octanol–water partition coefficient (Wildman–Crippen LogP) is 3.77. The Morgan fingerprint density at radius 1 is 1.31 bits per heavy atom. The van der Waals surface area contributed by atoms with Crippen molar-refractivity contribution < 1.29 is 22.7 Å². The van der Waals surface area contributed by atoms with Gasteiger partial charge in [0.2, 0.25) is 0 Å². The Labute approximate surface area is 173 Å². The first-order valence-corrected chi connectivity index (χ1v) is 9.74. The summed E-state index contributed by atoms with van der Waals surface area (Å²) in [7, 11) is 1.30. The van der Waals surface area contributed by atoms with Gasteiger partial charge in [-0.2, -0.15) is 18.3 Å². The van der Waals surface area contributed by atoms with Gasteiger partial charge >= 0.3 is 12.1 Å². The Bertz CT molecular complexity index is 1280. The molecular weight excluding hydrogens is 477 g/mol. The van der Waals surface area contributed by atoms with Gasteiger partial charge in [-0.05, 0) is 35.3 Å². The molecule has 0 unspecified atom stereocenters. The number of alkyl halides is 3. The van der Waals surface area contributed by atoms with Crippen LogP contribution in [0.5, 0.6) is 0 Å². The minimum absolute atomic E-state index is 0.0588. The Kier molecular flexibility index (Phi) is 4.61. The standard InChI is InChI=1S/C16H12BrF3N6O2S/c1-6-9-13-22-8(4-25-7(2)10(17)12(24-25)16(18,19)20)23-26(13)5-21-14(9)29-11(6)15(27)28-3/h5H,4H2,1-3H3. The van der Waals surface area contributed by atoms with Crippen LogP contribution in [0.15, 0.2) is 10.8 Å². The second-order valence-electron chi connectivity index (χ2n) is 6.17. The van der Waals surface area contributed by atoms with Gasteiger partial charge in [-0.1, -0.05) is 0 Å². The van der Waals surface area contributed by atoms with E-state index in [-0.39, 0.29) is 16.8 Å². The van der Waals surface area contributed by atoms with Crippen molar-refractivity contribution in [2.24, 2.45) is 0 Å². The van der Waals surface area contributed by atoms with E-state index in [2.05, 4.69) is 36.1 Å². The Hall–Kier alpha value is -2.54. The van der Waals surface area contributed by atoms with Gasteiger partial charge in [0.05, 0.1) is 22.7 Å². The molecular formula is C16H12BrF3N6O2S. The molecule has 0 fully saturated rings. The zero-order valence-electron chi connectivity index (χ0n) is 15.2. The summed E-state index contributed by atoms with van der Waals surface area (Å²) in [4.78, 5) is 21.7. The first kappa shape index (κ1) is 19.8. The molecule has 8 nitrogen and oxygen atoms in total. The minimum Gasteiger partial charge on any atom is -0.465 e. The molecule has 0 spiro atoms. The monoisotopic (exact) mass is 488 g/mol. The fourth-order valence-corrected chi connectivity index (χ4v) is 4.50. The molecule has 0 saturated heterocycles. The normalized spacial score (nSPS) is 12.2. The third-order valence-electron chi connectivity index (χ3n) is 4.38. The molecule has 0 atom stereocenters. The van der Waals surface area contributed by atoms with Crippen LogP contribution in [0.4, 0.5) is 13.2 Å². The van der Waals surface area contributed by atoms with E-state index in [0.717, 1.165) is 0 Å². The zero-order chi connectivity index (χ0) is 21.1. The van der Waals surface area contributed by atoms with Gasteiger partial charge < -0.3 is 4.74 Å². The van der Waals surface area contributed by atoms with E-state index in [0.29, 0.717) is 32.0 Å². The summed E-state index contributed by atoms with van der Waals surface area (Å²) < 4.78 is 46.5. The first-order valence-electron chi connectivity index (χ1n) is 8.13. The third-order valence-corrected chi connectivity index (χ3v) is 6.50. The number of hydrogen-bond donors (Lipinski definition) is 0. The average molecular weight is 489 g/mol. The topological polar surface area (TPSA) is 87.2 Å². The van der Waals surface area contributed by atoms with Gasteiger partial charge in [0, 0.05) is 0 Å². The van der Waals surface area contributed by atoms with Crippen LogP contribution in [0.2, 0.25) is 0 Å². The molecule has 0 N–H and O–H groups in total. The van der Waals surface area contributed by atoms with Crippen LogP contribution in [-0.2, 0) is 17.5 Å². The van der Waals surface area contributed by atoms with Crippen molar-refractivity contribution >= 4 is 49.1 Å². The van der Waals surface area contributed by atoms with Crippen molar-refractivity contribution in [2.45, 2.75) is 26.6 Å². The highest BCUT2D eigenvalue weighted by Gasteiger charge is 2.38. The van der Waals surface area contributed by atoms with Crippen molar-refractivity contribution in [2.75, 3.05) is 7.11 Å². The molecule has 4 rings (SSSR count). The largest absolute Gasteiger partial charge is 0.465 e. The lowest BCUT2D eigenvalue weighted by atomic mass is 10.2.